The van der Waals surface area contributed by atoms with Crippen LogP contribution in [-0.2, 0) is 13.2 Å². The van der Waals surface area contributed by atoms with Crippen LogP contribution >= 0.6 is 0 Å². The van der Waals surface area contributed by atoms with Crippen molar-refractivity contribution in [2.24, 2.45) is 18.4 Å². The minimum absolute atomic E-state index is 0.0931. The highest BCUT2D eigenvalue weighted by atomic mass is 19.4. The van der Waals surface area contributed by atoms with Crippen LogP contribution in [0.15, 0.2) is 24.3 Å². The number of rotatable bonds is 3. The van der Waals surface area contributed by atoms with Gasteiger partial charge >= 0.3 is 6.18 Å². The first-order chi connectivity index (χ1) is 15.1. The summed E-state index contributed by atoms with van der Waals surface area (Å²) in [5, 5.41) is 23.5. The first-order valence-electron chi connectivity index (χ1n) is 10.3. The molecule has 2 saturated heterocycles. The second kappa shape index (κ2) is 7.81. The zero-order chi connectivity index (χ0) is 23.3. The van der Waals surface area contributed by atoms with Crippen LogP contribution in [0.25, 0.3) is 0 Å². The predicted molar refractivity (Wildman–Crippen MR) is 110 cm³/mol. The Morgan fingerprint density at radius 2 is 2.09 bits per heavy atom. The highest BCUT2D eigenvalue weighted by Crippen LogP contribution is 2.45. The van der Waals surface area contributed by atoms with Gasteiger partial charge in [-0.15, -0.1) is 0 Å². The largest absolute Gasteiger partial charge is 0.417 e. The van der Waals surface area contributed by atoms with E-state index in [2.05, 4.69) is 5.10 Å². The number of nitrogens with zero attached hydrogens (tertiary/aromatic N) is 5. The van der Waals surface area contributed by atoms with E-state index in [0.717, 1.165) is 11.8 Å². The fraction of sp³-hybridized carbons (Fsp3) is 0.500. The Labute approximate surface area is 183 Å². The van der Waals surface area contributed by atoms with Crippen LogP contribution in [0.1, 0.15) is 33.7 Å². The van der Waals surface area contributed by atoms with E-state index < -0.39 is 22.7 Å². The lowest BCUT2D eigenvalue weighted by atomic mass is 9.73. The van der Waals surface area contributed by atoms with Gasteiger partial charge in [-0.25, -0.2) is 0 Å². The maximum atomic E-state index is 13.4. The van der Waals surface area contributed by atoms with E-state index in [9.17, 15) is 23.1 Å². The Kier molecular flexibility index (Phi) is 5.41. The predicted octanol–water partition coefficient (Wildman–Crippen LogP) is 2.58. The summed E-state index contributed by atoms with van der Waals surface area (Å²) in [7, 11) is 1.71. The summed E-state index contributed by atoms with van der Waals surface area (Å²) in [6.45, 7) is 3.37. The molecule has 2 aliphatic rings. The van der Waals surface area contributed by atoms with Crippen molar-refractivity contribution in [1.29, 1.82) is 5.26 Å². The van der Waals surface area contributed by atoms with Gasteiger partial charge in [0.05, 0.1) is 29.5 Å². The molecular weight excluding hydrogens is 423 g/mol. The van der Waals surface area contributed by atoms with E-state index in [1.54, 1.807) is 28.8 Å². The van der Waals surface area contributed by atoms with Crippen LogP contribution < -0.4 is 4.90 Å². The summed E-state index contributed by atoms with van der Waals surface area (Å²) in [6, 6.07) is 7.03. The number of amides is 1. The maximum absolute atomic E-state index is 13.4. The standard InChI is InChI=1S/C22H24F3N5O2/c1-14-7-19(28(2)27-14)20(32)29-6-5-21(13-31)12-30(11-16(21)10-29)17-4-3-15(9-26)18(8-17)22(23,24)25/h3-4,7-8,16,31H,5-6,10-13H2,1-2H3/t16-,21+/m1/s1. The van der Waals surface area contributed by atoms with Crippen molar-refractivity contribution in [2.75, 3.05) is 37.7 Å². The molecule has 0 bridgehead atoms. The number of aryl methyl sites for hydroxylation is 2. The molecule has 0 saturated carbocycles. The third-order valence-corrected chi connectivity index (χ3v) is 6.75. The van der Waals surface area contributed by atoms with Gasteiger partial charge in [-0.3, -0.25) is 9.48 Å². The number of piperidine rings is 1. The van der Waals surface area contributed by atoms with Crippen molar-refractivity contribution < 1.29 is 23.1 Å². The number of alkyl halides is 3. The number of anilines is 1. The van der Waals surface area contributed by atoms with Crippen LogP contribution in [0.2, 0.25) is 0 Å². The van der Waals surface area contributed by atoms with Gasteiger partial charge < -0.3 is 14.9 Å². The van der Waals surface area contributed by atoms with E-state index >= 15 is 0 Å². The Balaban J connectivity index is 1.58. The van der Waals surface area contributed by atoms with E-state index in [-0.39, 0.29) is 18.4 Å². The normalized spacial score (nSPS) is 23.2. The Bertz CT molecular complexity index is 1090. The Morgan fingerprint density at radius 3 is 2.69 bits per heavy atom. The Morgan fingerprint density at radius 1 is 1.34 bits per heavy atom. The van der Waals surface area contributed by atoms with Crippen LogP contribution in [0.4, 0.5) is 18.9 Å². The molecule has 0 unspecified atom stereocenters. The van der Waals surface area contributed by atoms with Crippen LogP contribution in [0.5, 0.6) is 0 Å². The summed E-state index contributed by atoms with van der Waals surface area (Å²) < 4.78 is 41.8. The van der Waals surface area contributed by atoms with Gasteiger partial charge in [-0.2, -0.15) is 23.5 Å². The van der Waals surface area contributed by atoms with Gasteiger partial charge in [0.1, 0.15) is 5.69 Å². The fourth-order valence-electron chi connectivity index (χ4n) is 4.96. The lowest BCUT2D eigenvalue weighted by Gasteiger charge is -2.42. The second-order valence-electron chi connectivity index (χ2n) is 8.73. The van der Waals surface area contributed by atoms with Crippen molar-refractivity contribution in [2.45, 2.75) is 19.5 Å². The molecule has 32 heavy (non-hydrogen) atoms. The van der Waals surface area contributed by atoms with Gasteiger partial charge in [0.2, 0.25) is 0 Å². The minimum atomic E-state index is -4.63. The number of carbonyl (C=O) groups is 1. The molecule has 3 heterocycles. The van der Waals surface area contributed by atoms with Gasteiger partial charge in [-0.05, 0) is 37.6 Å². The zero-order valence-electron chi connectivity index (χ0n) is 17.9. The monoisotopic (exact) mass is 447 g/mol. The van der Waals surface area contributed by atoms with Gasteiger partial charge in [0.25, 0.3) is 5.91 Å². The molecule has 1 aromatic carbocycles. The molecule has 1 amide bonds. The molecule has 2 aliphatic heterocycles. The number of hydrogen-bond donors (Lipinski definition) is 1. The number of aromatic nitrogens is 2. The topological polar surface area (TPSA) is 85.4 Å². The van der Waals surface area contributed by atoms with Crippen LogP contribution in [-0.4, -0.2) is 58.5 Å². The molecule has 10 heteroatoms. The number of aliphatic hydroxyl groups is 1. The molecule has 1 N–H and O–H groups in total. The Hall–Kier alpha value is -3.06. The van der Waals surface area contributed by atoms with E-state index in [0.29, 0.717) is 44.0 Å². The number of likely N-dealkylation sites (tertiary alicyclic amines) is 1. The maximum Gasteiger partial charge on any atom is 0.417 e. The number of halogens is 3. The van der Waals surface area contributed by atoms with Gasteiger partial charge in [-0.1, -0.05) is 0 Å². The molecule has 7 nitrogen and oxygen atoms in total. The lowest BCUT2D eigenvalue weighted by molar-refractivity contribution is -0.137. The molecule has 0 radical (unpaired) electrons. The number of carbonyl (C=O) groups excluding carboxylic acids is 1. The van der Waals surface area contributed by atoms with Crippen molar-refractivity contribution >= 4 is 11.6 Å². The molecule has 0 spiro atoms. The summed E-state index contributed by atoms with van der Waals surface area (Å²) in [5.41, 5.74) is -0.294. The first kappa shape index (κ1) is 22.1. The number of nitriles is 1. The lowest BCUT2D eigenvalue weighted by Crippen LogP contribution is -2.50. The molecule has 0 aliphatic carbocycles. The average Bonchev–Trinajstić information content (AvgIpc) is 3.31. The summed E-state index contributed by atoms with van der Waals surface area (Å²) in [4.78, 5) is 16.6. The molecule has 170 valence electrons. The smallest absolute Gasteiger partial charge is 0.396 e. The summed E-state index contributed by atoms with van der Waals surface area (Å²) in [6.07, 6.45) is -4.08. The molecule has 4 rings (SSSR count). The summed E-state index contributed by atoms with van der Waals surface area (Å²) in [5.74, 6) is -0.236. The summed E-state index contributed by atoms with van der Waals surface area (Å²) >= 11 is 0. The average molecular weight is 447 g/mol. The van der Waals surface area contributed by atoms with E-state index in [1.165, 1.54) is 12.1 Å². The van der Waals surface area contributed by atoms with Crippen LogP contribution in [0, 0.1) is 29.6 Å². The van der Waals surface area contributed by atoms with Crippen molar-refractivity contribution in [3.05, 3.63) is 46.8 Å². The number of benzene rings is 1. The number of fused-ring (bicyclic) bond motifs is 1. The number of hydrogen-bond acceptors (Lipinski definition) is 5. The first-order valence-corrected chi connectivity index (χ1v) is 10.3. The van der Waals surface area contributed by atoms with Gasteiger partial charge in [0, 0.05) is 50.2 Å². The fourth-order valence-corrected chi connectivity index (χ4v) is 4.96. The third-order valence-electron chi connectivity index (χ3n) is 6.75. The van der Waals surface area contributed by atoms with Gasteiger partial charge in [0.15, 0.2) is 0 Å². The molecule has 1 aromatic heterocycles. The highest BCUT2D eigenvalue weighted by molar-refractivity contribution is 5.92. The minimum Gasteiger partial charge on any atom is -0.396 e. The van der Waals surface area contributed by atoms with E-state index in [1.807, 2.05) is 11.8 Å². The SMILES string of the molecule is Cc1cc(C(=O)N2CC[C@@]3(CO)CN(c4ccc(C#N)c(C(F)(F)F)c4)C[C@H]3C2)n(C)n1. The zero-order valence-corrected chi connectivity index (χ0v) is 17.9. The number of aliphatic hydroxyl groups excluding tert-OH is 1. The van der Waals surface area contributed by atoms with E-state index in [4.69, 9.17) is 5.26 Å². The van der Waals surface area contributed by atoms with Crippen LogP contribution in [0.3, 0.4) is 0 Å². The highest BCUT2D eigenvalue weighted by Gasteiger charge is 2.50. The van der Waals surface area contributed by atoms with Crippen molar-refractivity contribution in [3.8, 4) is 6.07 Å². The quantitative estimate of drug-likeness (QED) is 0.782. The van der Waals surface area contributed by atoms with Crippen molar-refractivity contribution in [1.82, 2.24) is 14.7 Å². The molecule has 2 fully saturated rings. The molecular formula is C22H24F3N5O2. The molecule has 2 aromatic rings. The molecule has 2 atom stereocenters. The van der Waals surface area contributed by atoms with Crippen molar-refractivity contribution in [3.63, 3.8) is 0 Å². The second-order valence-corrected chi connectivity index (χ2v) is 8.73. The third kappa shape index (κ3) is 3.71.